The van der Waals surface area contributed by atoms with E-state index in [0.717, 1.165) is 25.9 Å². The van der Waals surface area contributed by atoms with E-state index in [0.29, 0.717) is 24.9 Å². The topological polar surface area (TPSA) is 63.7 Å². The van der Waals surface area contributed by atoms with Gasteiger partial charge in [0.2, 0.25) is 5.91 Å². The van der Waals surface area contributed by atoms with Crippen LogP contribution in [-0.2, 0) is 14.3 Å². The van der Waals surface area contributed by atoms with Crippen LogP contribution in [-0.4, -0.2) is 54.4 Å². The van der Waals surface area contributed by atoms with Gasteiger partial charge in [0.15, 0.2) is 10.9 Å². The van der Waals surface area contributed by atoms with Crippen LogP contribution < -0.4 is 5.32 Å². The van der Waals surface area contributed by atoms with Gasteiger partial charge in [0.25, 0.3) is 0 Å². The van der Waals surface area contributed by atoms with Crippen molar-refractivity contribution in [2.45, 2.75) is 18.6 Å². The third kappa shape index (κ3) is 3.11. The molecule has 0 saturated carbocycles. The highest BCUT2D eigenvalue weighted by Crippen LogP contribution is 2.31. The zero-order valence-electron chi connectivity index (χ0n) is 10.6. The van der Waals surface area contributed by atoms with Crippen LogP contribution in [0.1, 0.15) is 12.8 Å². The van der Waals surface area contributed by atoms with Crippen LogP contribution in [0.3, 0.4) is 0 Å². The van der Waals surface area contributed by atoms with Crippen molar-refractivity contribution in [3.05, 3.63) is 11.6 Å². The second-order valence-electron chi connectivity index (χ2n) is 4.77. The van der Waals surface area contributed by atoms with Crippen LogP contribution >= 0.6 is 11.3 Å². The first kappa shape index (κ1) is 13.0. The minimum atomic E-state index is -0.373. The Morgan fingerprint density at radius 1 is 1.42 bits per heavy atom. The fourth-order valence-corrected chi connectivity index (χ4v) is 3.03. The van der Waals surface area contributed by atoms with E-state index in [1.807, 2.05) is 5.38 Å². The zero-order chi connectivity index (χ0) is 13.1. The Morgan fingerprint density at radius 3 is 2.79 bits per heavy atom. The summed E-state index contributed by atoms with van der Waals surface area (Å²) >= 11 is 1.43. The first-order valence-electron chi connectivity index (χ1n) is 6.45. The number of nitrogens with zero attached hydrogens (tertiary/aromatic N) is 2. The number of hydrogen-bond donors (Lipinski definition) is 1. The lowest BCUT2D eigenvalue weighted by atomic mass is 10.0. The zero-order valence-corrected chi connectivity index (χ0v) is 11.4. The third-order valence-corrected chi connectivity index (χ3v) is 4.17. The van der Waals surface area contributed by atoms with Crippen LogP contribution in [0.5, 0.6) is 0 Å². The van der Waals surface area contributed by atoms with E-state index in [1.54, 1.807) is 6.20 Å². The van der Waals surface area contributed by atoms with E-state index in [2.05, 4.69) is 15.2 Å². The lowest BCUT2D eigenvalue weighted by Crippen LogP contribution is -2.47. The van der Waals surface area contributed by atoms with Crippen molar-refractivity contribution in [2.75, 3.05) is 38.2 Å². The molecule has 0 atom stereocenters. The number of carbonyl (C=O) groups excluding carboxylic acids is 1. The number of likely N-dealkylation sites (tertiary alicyclic amines) is 1. The molecule has 1 amide bonds. The molecule has 0 radical (unpaired) electrons. The number of rotatable bonds is 3. The number of nitrogens with one attached hydrogen (secondary N) is 1. The van der Waals surface area contributed by atoms with E-state index in [9.17, 15) is 4.79 Å². The highest BCUT2D eigenvalue weighted by Gasteiger charge is 2.39. The standard InChI is InChI=1S/C12H17N3O3S/c16-10(14-11-13-3-8-19-11)9-15-4-1-12(2-5-15)17-6-7-18-12/h3,8H,1-2,4-7,9H2,(H,13,14,16). The van der Waals surface area contributed by atoms with Crippen molar-refractivity contribution in [3.63, 3.8) is 0 Å². The number of thiazole rings is 1. The van der Waals surface area contributed by atoms with E-state index in [4.69, 9.17) is 9.47 Å². The van der Waals surface area contributed by atoms with Crippen LogP contribution in [0.2, 0.25) is 0 Å². The minimum absolute atomic E-state index is 0.0147. The van der Waals surface area contributed by atoms with E-state index >= 15 is 0 Å². The number of amides is 1. The summed E-state index contributed by atoms with van der Waals surface area (Å²) in [5.41, 5.74) is 0. The molecule has 6 nitrogen and oxygen atoms in total. The highest BCUT2D eigenvalue weighted by molar-refractivity contribution is 7.13. The maximum Gasteiger partial charge on any atom is 0.240 e. The van der Waals surface area contributed by atoms with Gasteiger partial charge in [-0.05, 0) is 0 Å². The molecule has 2 aliphatic rings. The van der Waals surface area contributed by atoms with Gasteiger partial charge in [-0.15, -0.1) is 11.3 Å². The molecule has 7 heteroatoms. The van der Waals surface area contributed by atoms with Crippen molar-refractivity contribution in [1.29, 1.82) is 0 Å². The molecule has 1 N–H and O–H groups in total. The molecule has 19 heavy (non-hydrogen) atoms. The van der Waals surface area contributed by atoms with Gasteiger partial charge in [0.05, 0.1) is 19.8 Å². The lowest BCUT2D eigenvalue weighted by Gasteiger charge is -2.37. The predicted molar refractivity (Wildman–Crippen MR) is 71.1 cm³/mol. The van der Waals surface area contributed by atoms with Gasteiger partial charge in [-0.2, -0.15) is 0 Å². The summed E-state index contributed by atoms with van der Waals surface area (Å²) in [6.45, 7) is 3.42. The Balaban J connectivity index is 1.45. The van der Waals surface area contributed by atoms with Gasteiger partial charge < -0.3 is 14.8 Å². The smallest absolute Gasteiger partial charge is 0.240 e. The van der Waals surface area contributed by atoms with Crippen LogP contribution in [0.25, 0.3) is 0 Å². The molecule has 1 spiro atoms. The lowest BCUT2D eigenvalue weighted by molar-refractivity contribution is -0.185. The molecule has 3 heterocycles. The van der Waals surface area contributed by atoms with E-state index in [1.165, 1.54) is 11.3 Å². The Morgan fingerprint density at radius 2 is 2.16 bits per heavy atom. The minimum Gasteiger partial charge on any atom is -0.347 e. The molecule has 2 fully saturated rings. The summed E-state index contributed by atoms with van der Waals surface area (Å²) in [4.78, 5) is 18.0. The number of ether oxygens (including phenoxy) is 2. The fraction of sp³-hybridized carbons (Fsp3) is 0.667. The normalized spacial score (nSPS) is 22.7. The number of hydrogen-bond acceptors (Lipinski definition) is 6. The quantitative estimate of drug-likeness (QED) is 0.893. The number of aromatic nitrogens is 1. The molecular weight excluding hydrogens is 266 g/mol. The SMILES string of the molecule is O=C(CN1CCC2(CC1)OCCO2)Nc1nccs1. The second kappa shape index (κ2) is 5.54. The average molecular weight is 283 g/mol. The maximum atomic E-state index is 11.8. The highest BCUT2D eigenvalue weighted by atomic mass is 32.1. The van der Waals surface area contributed by atoms with Gasteiger partial charge in [-0.25, -0.2) is 4.98 Å². The monoisotopic (exact) mass is 283 g/mol. The molecule has 1 aromatic heterocycles. The Bertz CT molecular complexity index is 421. The first-order valence-corrected chi connectivity index (χ1v) is 7.33. The summed E-state index contributed by atoms with van der Waals surface area (Å²) in [6.07, 6.45) is 3.34. The number of anilines is 1. The van der Waals surface area contributed by atoms with Crippen molar-refractivity contribution < 1.29 is 14.3 Å². The molecule has 0 bridgehead atoms. The van der Waals surface area contributed by atoms with Crippen molar-refractivity contribution >= 4 is 22.4 Å². The maximum absolute atomic E-state index is 11.8. The van der Waals surface area contributed by atoms with Crippen LogP contribution in [0.15, 0.2) is 11.6 Å². The first-order chi connectivity index (χ1) is 9.26. The third-order valence-electron chi connectivity index (χ3n) is 3.48. The molecule has 0 unspecified atom stereocenters. The Labute approximate surface area is 115 Å². The second-order valence-corrected chi connectivity index (χ2v) is 5.66. The van der Waals surface area contributed by atoms with Crippen LogP contribution in [0.4, 0.5) is 5.13 Å². The molecule has 0 aliphatic carbocycles. The van der Waals surface area contributed by atoms with Crippen molar-refractivity contribution in [2.24, 2.45) is 0 Å². The molecular formula is C12H17N3O3S. The molecule has 2 aliphatic heterocycles. The van der Waals surface area contributed by atoms with Gasteiger partial charge >= 0.3 is 0 Å². The number of carbonyl (C=O) groups is 1. The van der Waals surface area contributed by atoms with E-state index < -0.39 is 0 Å². The Kier molecular flexibility index (Phi) is 3.79. The summed E-state index contributed by atoms with van der Waals surface area (Å²) in [5, 5.41) is 5.29. The summed E-state index contributed by atoms with van der Waals surface area (Å²) in [6, 6.07) is 0. The molecule has 0 aromatic carbocycles. The predicted octanol–water partition coefficient (Wildman–Crippen LogP) is 0.921. The summed E-state index contributed by atoms with van der Waals surface area (Å²) < 4.78 is 11.3. The van der Waals surface area contributed by atoms with Gasteiger partial charge in [-0.1, -0.05) is 0 Å². The molecule has 104 valence electrons. The molecule has 3 rings (SSSR count). The fourth-order valence-electron chi connectivity index (χ4n) is 2.48. The molecule has 2 saturated heterocycles. The largest absolute Gasteiger partial charge is 0.347 e. The van der Waals surface area contributed by atoms with Crippen LogP contribution in [0, 0.1) is 0 Å². The van der Waals surface area contributed by atoms with Crippen molar-refractivity contribution in [3.8, 4) is 0 Å². The Hall–Kier alpha value is -1.02. The average Bonchev–Trinajstić information content (AvgIpc) is 3.05. The number of piperidine rings is 1. The summed E-state index contributed by atoms with van der Waals surface area (Å²) in [7, 11) is 0. The summed E-state index contributed by atoms with van der Waals surface area (Å²) in [5.74, 6) is -0.387. The van der Waals surface area contributed by atoms with Gasteiger partial charge in [0, 0.05) is 37.5 Å². The van der Waals surface area contributed by atoms with Crippen molar-refractivity contribution in [1.82, 2.24) is 9.88 Å². The van der Waals surface area contributed by atoms with E-state index in [-0.39, 0.29) is 11.7 Å². The van der Waals surface area contributed by atoms with Gasteiger partial charge in [0.1, 0.15) is 0 Å². The van der Waals surface area contributed by atoms with Gasteiger partial charge in [-0.3, -0.25) is 9.69 Å². The molecule has 1 aromatic rings.